The zero-order valence-corrected chi connectivity index (χ0v) is 11.8. The molecule has 0 saturated heterocycles. The fourth-order valence-corrected chi connectivity index (χ4v) is 2.16. The zero-order chi connectivity index (χ0) is 20.4. The van der Waals surface area contributed by atoms with Crippen LogP contribution in [-0.2, 0) is 4.79 Å². The Hall–Kier alpha value is -2.15. The first-order valence-electron chi connectivity index (χ1n) is 6.29. The maximum atomic E-state index is 14.3. The van der Waals surface area contributed by atoms with E-state index in [4.69, 9.17) is 0 Å². The lowest BCUT2D eigenvalue weighted by molar-refractivity contribution is -0.475. The van der Waals surface area contributed by atoms with Gasteiger partial charge in [-0.2, -0.15) is 43.9 Å². The first kappa shape index (κ1) is 20.2. The van der Waals surface area contributed by atoms with Crippen LogP contribution in [-0.4, -0.2) is 46.2 Å². The number of carbonyl (C=O) groups is 1. The van der Waals surface area contributed by atoms with Crippen LogP contribution in [0, 0.1) is 0 Å². The van der Waals surface area contributed by atoms with Crippen molar-refractivity contribution in [2.45, 2.75) is 35.3 Å². The minimum atomic E-state index is -7.36. The van der Waals surface area contributed by atoms with Crippen LogP contribution in [0.4, 0.5) is 54.0 Å². The second kappa shape index (κ2) is 5.19. The van der Waals surface area contributed by atoms with Crippen molar-refractivity contribution in [2.75, 3.05) is 5.32 Å². The Morgan fingerprint density at radius 3 is 1.42 bits per heavy atom. The van der Waals surface area contributed by atoms with E-state index in [0.29, 0.717) is 12.1 Å². The summed E-state index contributed by atoms with van der Waals surface area (Å²) in [6.07, 6.45) is 1.60. The zero-order valence-electron chi connectivity index (χ0n) is 11.8. The van der Waals surface area contributed by atoms with E-state index in [2.05, 4.69) is 4.98 Å². The van der Waals surface area contributed by atoms with Gasteiger partial charge in [-0.15, -0.1) is 0 Å². The smallest absolute Gasteiger partial charge is 0.323 e. The minimum absolute atomic E-state index is 0.672. The Kier molecular flexibility index (Phi) is 4.02. The van der Waals surface area contributed by atoms with Gasteiger partial charge in [0, 0.05) is 18.1 Å². The fraction of sp³-hybridized carbons (Fsp3) is 0.500. The maximum absolute atomic E-state index is 14.3. The molecular formula is C12H5F11N2O. The van der Waals surface area contributed by atoms with Crippen molar-refractivity contribution in [3.63, 3.8) is 0 Å². The molecule has 26 heavy (non-hydrogen) atoms. The molecule has 1 aromatic heterocycles. The van der Waals surface area contributed by atoms with Gasteiger partial charge in [0.1, 0.15) is 0 Å². The van der Waals surface area contributed by atoms with Crippen LogP contribution in [0.5, 0.6) is 0 Å². The largest absolute Gasteiger partial charge is 0.384 e. The van der Waals surface area contributed by atoms with Gasteiger partial charge in [0.25, 0.3) is 5.91 Å². The fourth-order valence-electron chi connectivity index (χ4n) is 2.16. The highest BCUT2D eigenvalue weighted by atomic mass is 19.4. The molecule has 1 amide bonds. The van der Waals surface area contributed by atoms with Crippen LogP contribution < -0.4 is 5.32 Å². The number of carbonyl (C=O) groups excluding carboxylic acids is 1. The van der Waals surface area contributed by atoms with E-state index < -0.39 is 46.9 Å². The number of alkyl halides is 11. The van der Waals surface area contributed by atoms with Gasteiger partial charge in [0.15, 0.2) is 0 Å². The third kappa shape index (κ3) is 1.95. The quantitative estimate of drug-likeness (QED) is 0.763. The summed E-state index contributed by atoms with van der Waals surface area (Å²) < 4.78 is 148. The first-order chi connectivity index (χ1) is 11.5. The third-order valence-electron chi connectivity index (χ3n) is 3.69. The van der Waals surface area contributed by atoms with E-state index in [1.54, 1.807) is 0 Å². The topological polar surface area (TPSA) is 42.0 Å². The molecular weight excluding hydrogens is 397 g/mol. The SMILES string of the molecule is O=C(Nc1ccncc1)C1(F)C(F)(F)C(F)(F)C(F)(F)C(F)(F)C1(F)F. The summed E-state index contributed by atoms with van der Waals surface area (Å²) >= 11 is 0. The number of hydrogen-bond acceptors (Lipinski definition) is 2. The number of aromatic nitrogens is 1. The van der Waals surface area contributed by atoms with Crippen LogP contribution in [0.2, 0.25) is 0 Å². The van der Waals surface area contributed by atoms with Gasteiger partial charge in [0.2, 0.25) is 0 Å². The van der Waals surface area contributed by atoms with Gasteiger partial charge < -0.3 is 5.32 Å². The Labute approximate surface area is 136 Å². The Balaban J connectivity index is 2.69. The second-order valence-corrected chi connectivity index (χ2v) is 5.22. The molecule has 0 aliphatic heterocycles. The van der Waals surface area contributed by atoms with Crippen molar-refractivity contribution in [1.82, 2.24) is 4.98 Å². The average molecular weight is 402 g/mol. The molecule has 2 rings (SSSR count). The molecule has 14 heteroatoms. The predicted octanol–water partition coefficient (Wildman–Crippen LogP) is 3.92. The number of pyridine rings is 1. The number of nitrogens with one attached hydrogen (secondary N) is 1. The van der Waals surface area contributed by atoms with E-state index in [9.17, 15) is 53.1 Å². The highest BCUT2D eigenvalue weighted by Crippen LogP contribution is 2.69. The first-order valence-corrected chi connectivity index (χ1v) is 6.29. The summed E-state index contributed by atoms with van der Waals surface area (Å²) in [4.78, 5) is 14.9. The summed E-state index contributed by atoms with van der Waals surface area (Å²) in [5.74, 6) is -39.8. The molecule has 1 saturated carbocycles. The Bertz CT molecular complexity index is 689. The molecule has 0 unspecified atom stereocenters. The number of anilines is 1. The molecule has 0 atom stereocenters. The molecule has 0 bridgehead atoms. The summed E-state index contributed by atoms with van der Waals surface area (Å²) in [5.41, 5.74) is -7.49. The van der Waals surface area contributed by atoms with Gasteiger partial charge in [-0.3, -0.25) is 9.78 Å². The van der Waals surface area contributed by atoms with Crippen LogP contribution >= 0.6 is 0 Å². The van der Waals surface area contributed by atoms with Crippen LogP contribution in [0.3, 0.4) is 0 Å². The van der Waals surface area contributed by atoms with Crippen molar-refractivity contribution in [1.29, 1.82) is 0 Å². The van der Waals surface area contributed by atoms with Crippen molar-refractivity contribution < 1.29 is 53.1 Å². The standard InChI is InChI=1S/C12H5F11N2O/c13-7(6(26)25-5-1-3-24-4-2-5)8(14,15)10(18,19)12(22,23)11(20,21)9(7,16)17/h1-4H,(H,24,25,26). The predicted molar refractivity (Wildman–Crippen MR) is 61.4 cm³/mol. The molecule has 0 radical (unpaired) electrons. The van der Waals surface area contributed by atoms with E-state index in [0.717, 1.165) is 17.7 Å². The number of nitrogens with zero attached hydrogens (tertiary/aromatic N) is 1. The van der Waals surface area contributed by atoms with Crippen molar-refractivity contribution in [3.8, 4) is 0 Å². The van der Waals surface area contributed by atoms with E-state index in [1.165, 1.54) is 0 Å². The average Bonchev–Trinajstić information content (AvgIpc) is 2.52. The van der Waals surface area contributed by atoms with E-state index >= 15 is 0 Å². The third-order valence-corrected chi connectivity index (χ3v) is 3.69. The lowest BCUT2D eigenvalue weighted by Gasteiger charge is -2.51. The van der Waals surface area contributed by atoms with Crippen LogP contribution in [0.1, 0.15) is 0 Å². The molecule has 146 valence electrons. The molecule has 1 aliphatic rings. The molecule has 3 nitrogen and oxygen atoms in total. The van der Waals surface area contributed by atoms with Gasteiger partial charge in [-0.25, -0.2) is 4.39 Å². The molecule has 0 spiro atoms. The summed E-state index contributed by atoms with van der Waals surface area (Å²) in [6.45, 7) is 0. The van der Waals surface area contributed by atoms with E-state index in [-0.39, 0.29) is 0 Å². The van der Waals surface area contributed by atoms with Crippen molar-refractivity contribution in [2.24, 2.45) is 0 Å². The van der Waals surface area contributed by atoms with Crippen LogP contribution in [0.25, 0.3) is 0 Å². The highest BCUT2D eigenvalue weighted by molar-refractivity contribution is 5.99. The monoisotopic (exact) mass is 402 g/mol. The minimum Gasteiger partial charge on any atom is -0.323 e. The normalized spacial score (nSPS) is 26.7. The van der Waals surface area contributed by atoms with Gasteiger partial charge >= 0.3 is 35.3 Å². The summed E-state index contributed by atoms with van der Waals surface area (Å²) in [6, 6.07) is 1.34. The van der Waals surface area contributed by atoms with Gasteiger partial charge in [0.05, 0.1) is 0 Å². The van der Waals surface area contributed by atoms with Gasteiger partial charge in [-0.05, 0) is 12.1 Å². The summed E-state index contributed by atoms with van der Waals surface area (Å²) in [7, 11) is 0. The van der Waals surface area contributed by atoms with E-state index in [1.807, 2.05) is 0 Å². The molecule has 1 fully saturated rings. The maximum Gasteiger partial charge on any atom is 0.384 e. The molecule has 1 N–H and O–H groups in total. The lowest BCUT2D eigenvalue weighted by Crippen LogP contribution is -2.86. The molecule has 0 aromatic carbocycles. The van der Waals surface area contributed by atoms with Crippen LogP contribution in [0.15, 0.2) is 24.5 Å². The Morgan fingerprint density at radius 2 is 1.04 bits per heavy atom. The van der Waals surface area contributed by atoms with Crippen molar-refractivity contribution in [3.05, 3.63) is 24.5 Å². The Morgan fingerprint density at radius 1 is 0.692 bits per heavy atom. The number of halogens is 11. The number of hydrogen-bond donors (Lipinski definition) is 1. The number of rotatable bonds is 2. The molecule has 1 aromatic rings. The van der Waals surface area contributed by atoms with Crippen molar-refractivity contribution >= 4 is 11.6 Å². The molecule has 1 heterocycles. The lowest BCUT2D eigenvalue weighted by atomic mass is 9.71. The van der Waals surface area contributed by atoms with Gasteiger partial charge in [-0.1, -0.05) is 0 Å². The molecule has 1 aliphatic carbocycles. The second-order valence-electron chi connectivity index (χ2n) is 5.22. The highest BCUT2D eigenvalue weighted by Gasteiger charge is 3.02. The number of amides is 1. The summed E-state index contributed by atoms with van der Waals surface area (Å²) in [5, 5.41) is 0.941.